The van der Waals surface area contributed by atoms with Crippen LogP contribution in [0.5, 0.6) is 0 Å². The number of anilines is 1. The zero-order chi connectivity index (χ0) is 123. The molecule has 0 saturated carbocycles. The quantitative estimate of drug-likeness (QED) is 0.113. The summed E-state index contributed by atoms with van der Waals surface area (Å²) in [7, 11) is 9.75. The number of nitrogens with two attached hydrogens (primary N) is 3. The Morgan fingerprint density at radius 1 is 0.237 bits per heavy atom. The first-order valence-corrected chi connectivity index (χ1v) is 928. The van der Waals surface area contributed by atoms with Gasteiger partial charge in [0.1, 0.15) is 5.56 Å². The molecule has 0 fully saturated rings. The molecule has 0 unspecified atom stereocenters. The van der Waals surface area contributed by atoms with E-state index in [0.29, 0.717) is 0 Å². The predicted molar refractivity (Wildman–Crippen MR) is 704 cm³/mol. The van der Waals surface area contributed by atoms with Gasteiger partial charge in [0.05, 0.1) is 0 Å². The number of hydrogen-bond donors (Lipinski definition) is 2. The number of benzene rings is 1. The Hall–Kier alpha value is 179. The van der Waals surface area contributed by atoms with E-state index in [9.17, 15) is 9.59 Å². The largest absolute Gasteiger partial charge is 0.693 e. The minimum Gasteiger partial charge on any atom is -0.693 e. The van der Waals surface area contributed by atoms with Gasteiger partial charge in [-0.25, -0.2) is 0 Å². The van der Waals surface area contributed by atoms with Gasteiger partial charge >= 0.3 is 3550 Å². The van der Waals surface area contributed by atoms with Crippen LogP contribution < -0.4 is 125 Å². The van der Waals surface area contributed by atoms with Crippen molar-refractivity contribution in [3.63, 3.8) is 0 Å². The Balaban J connectivity index is -0.00000000683. The summed E-state index contributed by atoms with van der Waals surface area (Å²) in [6.07, 6.45) is 0. The summed E-state index contributed by atoms with van der Waals surface area (Å²) in [5.74, 6) is 0. The Bertz CT molecular complexity index is 747. The van der Waals surface area contributed by atoms with Crippen LogP contribution in [0.25, 0.3) is 23.1 Å². The van der Waals surface area contributed by atoms with Crippen LogP contribution in [0.4, 0.5) is 5.69 Å². The second-order valence-corrected chi connectivity index (χ2v) is 6.03. The Morgan fingerprint density at radius 3 is 0.382 bits per heavy atom. The van der Waals surface area contributed by atoms with Gasteiger partial charge in [0.15, 0.2) is 0 Å². The van der Waals surface area contributed by atoms with Gasteiger partial charge in [-0.2, -0.15) is 0 Å². The molecule has 0 atom stereocenters. The average molecular weight is 4820 g/mol. The van der Waals surface area contributed by atoms with Crippen LogP contribution in [0, 0.1) is 10.1 Å². The third kappa shape index (κ3) is 686. The second-order valence-electron chi connectivity index (χ2n) is 2.75. The minimum absolute atomic E-state index is 0. The smallest absolute Gasteiger partial charge is 0.693 e. The zero-order valence-electron chi connectivity index (χ0n) is 122. The maximum absolute atomic E-state index is 11.2. The van der Waals surface area contributed by atoms with E-state index in [1.165, 1.54) is 3420 Å². The van der Waals surface area contributed by atoms with Gasteiger partial charge in [-0.1, -0.05) is 6.07 Å². The fraction of sp³-hybridized carbons (Fsp3) is 0. The molecule has 236 valence electrons. The van der Waals surface area contributed by atoms with Crippen molar-refractivity contribution in [3.05, 3.63) is 61.3 Å². The summed E-state index contributed by atoms with van der Waals surface area (Å²) in [6, 6.07) is 4.71. The van der Waals surface area contributed by atoms with Crippen molar-refractivity contribution in [1.82, 2.24) is 10.2 Å². The normalized spacial score (nSPS) is 4.60. The molecule has 1 heterocycles. The van der Waals surface area contributed by atoms with E-state index in [2.05, 4.69) is 10.2 Å². The van der Waals surface area contributed by atoms with Crippen LogP contribution >= 0.6 is 18.8 Å². The number of hydrogen-bond acceptors (Lipinski definition) is 6. The van der Waals surface area contributed by atoms with Crippen molar-refractivity contribution >= 4 is 3450 Å². The molecule has 2 rings (SSSR count). The SMILES string of the molecule is Nc1cccc2c(=O)[nH][n-]c(=O)c12.O=N[O-].[Cl][Pt][Cl].[H-].[H-].[K+].[K+].[K][K].[K][K].[K][K].[K][K].[K][K].[K][K].[K][K].[K][K].[K][K].[K][K].[K][K].[K][K].[K][K].[K][K].[K][K].[K][K].[K][K].[K][K].[K][K].[K][K].[K][K].[K][K].[K][K].[K][K].[K][K].[K][K].[K][K].[K][K].[K][K].[K][K].[K][K].[K][K].[K][K].[K][K].[K][K].[K][K].[K][K].[K][K].[K][K].[K][K].[K][K].[K][K].[K][K].[K][K].[K][K].[K][K].[K][K].[K][K].[K][K].[K][K].[K][K].[K][K].[K][K].[K][K].[NH2-].[NH2-]. The van der Waals surface area contributed by atoms with Gasteiger partial charge in [-0.05, 0) is 12.1 Å². The van der Waals surface area contributed by atoms with Crippen LogP contribution in [0.15, 0.2) is 33.1 Å². The fourth-order valence-corrected chi connectivity index (χ4v) is 1.22. The second kappa shape index (κ2) is 726. The monoisotopic (exact) mass is 4810 g/mol. The summed E-state index contributed by atoms with van der Waals surface area (Å²) in [5, 5.41) is 14.9. The van der Waals surface area contributed by atoms with Crippen molar-refractivity contribution in [1.29, 1.82) is 0 Å². The molecule has 0 radical (unpaired) electrons. The van der Waals surface area contributed by atoms with E-state index < -0.39 is 27.6 Å². The topological polar surface area (TPSA) is 210 Å². The molecule has 0 aliphatic carbocycles. The molecule has 0 amide bonds. The summed E-state index contributed by atoms with van der Waals surface area (Å²) >= 11 is 135. The third-order valence-electron chi connectivity index (χ3n) is 1.81. The van der Waals surface area contributed by atoms with Gasteiger partial charge in [0.2, 0.25) is 5.56 Å². The van der Waals surface area contributed by atoms with Gasteiger partial charge in [0.25, 0.3) is 0 Å². The number of H-pyrrole nitrogens is 1. The number of halogens is 2. The van der Waals surface area contributed by atoms with Gasteiger partial charge < -0.3 is 46.0 Å². The molecule has 0 bridgehead atoms. The maximum Gasteiger partial charge on any atom is -0.693 e. The van der Waals surface area contributed by atoms with Gasteiger partial charge in [-0.15, -0.1) is 5.34 Å². The van der Waals surface area contributed by atoms with Crippen LogP contribution in [0.2, 0.25) is 0 Å². The molecule has 0 saturated heterocycles. The van der Waals surface area contributed by atoms with Gasteiger partial charge in [-0.3, -0.25) is 4.79 Å². The van der Waals surface area contributed by atoms with E-state index in [-0.39, 0.29) is 134 Å². The van der Waals surface area contributed by atoms with Crippen molar-refractivity contribution < 1.29 is 122 Å². The van der Waals surface area contributed by atoms with Crippen LogP contribution in [-0.2, 0) is 16.5 Å². The molecule has 1 aromatic carbocycles. The molecule has 131 heavy (non-hydrogen) atoms. The minimum atomic E-state index is -0.507. The van der Waals surface area contributed by atoms with Crippen LogP contribution in [0.1, 0.15) is 2.85 Å². The molecule has 1 aromatic heterocycles. The number of rotatable bonds is 0. The molecular weight excluding hydrogens is 4810 g/mol. The van der Waals surface area contributed by atoms with Crippen molar-refractivity contribution in [2.75, 3.05) is 5.73 Å². The van der Waals surface area contributed by atoms with Gasteiger partial charge in [0, 0.05) is 16.5 Å². The number of nitrogen functional groups attached to an aromatic ring is 1. The first-order valence-electron chi connectivity index (χ1n) is 58.2. The first-order chi connectivity index (χ1) is 63.0. The number of nitrogens with one attached hydrogen (secondary N) is 1. The third-order valence-corrected chi connectivity index (χ3v) is 1.81. The van der Waals surface area contributed by atoms with Crippen LogP contribution in [-0.4, -0.2) is 3420 Å². The van der Waals surface area contributed by atoms with E-state index >= 15 is 0 Å². The molecule has 2 aromatic rings. The average Bonchev–Trinajstić information content (AvgIpc) is 0.807. The van der Waals surface area contributed by atoms with Crippen molar-refractivity contribution in [2.45, 2.75) is 0 Å². The summed E-state index contributed by atoms with van der Waals surface area (Å²) in [4.78, 5) is 30.4. The summed E-state index contributed by atoms with van der Waals surface area (Å²) in [5.41, 5.74) is 4.90. The Labute approximate surface area is 3380 Å². The molecular formula is C8H12Cl2K110N6O4Pt-4. The van der Waals surface area contributed by atoms with E-state index in [1.54, 1.807) is 12.1 Å². The Kier molecular flexibility index (Phi) is 2600. The Morgan fingerprint density at radius 2 is 0.313 bits per heavy atom. The van der Waals surface area contributed by atoms with E-state index in [0.717, 1.165) is 5.34 Å². The maximum atomic E-state index is 11.2. The number of fused-ring (bicyclic) bond motifs is 1. The molecule has 0 aliphatic heterocycles. The number of aromatic amines is 1. The molecule has 0 aliphatic rings. The first kappa shape index (κ1) is 469. The number of nitrogens with zero attached hydrogens (tertiary/aromatic N) is 2. The number of aromatic nitrogens is 2. The summed E-state index contributed by atoms with van der Waals surface area (Å²) < 4.78 is 0. The van der Waals surface area contributed by atoms with Crippen molar-refractivity contribution in [2.24, 2.45) is 5.34 Å². The molecule has 10 nitrogen and oxygen atoms in total. The van der Waals surface area contributed by atoms with E-state index in [4.69, 9.17) is 34.7 Å². The molecule has 0 spiro atoms. The zero-order valence-corrected chi connectivity index (χ0v) is 467. The van der Waals surface area contributed by atoms with E-state index in [1.807, 2.05) is 0 Å². The predicted octanol–water partition coefficient (Wildman–Crippen LogP) is -44.4. The molecule has 7 N–H and O–H groups in total. The molecule has 123 heteroatoms. The summed E-state index contributed by atoms with van der Waals surface area (Å²) in [6.45, 7) is 0. The van der Waals surface area contributed by atoms with Crippen molar-refractivity contribution in [3.8, 4) is 0 Å². The fourth-order valence-electron chi connectivity index (χ4n) is 1.22. The van der Waals surface area contributed by atoms with Crippen LogP contribution in [0.3, 0.4) is 0 Å². The standard InChI is InChI=1S/C8H7N3O2.2ClH.110K.HNO2.2H2N.Pt.2H/c9-5-3-1-2-4-6(5)8(13)11-10-7(4)12;;;;;;;;;;;;;;;;;;;;;;;;;;;;;;;;;;;;;;;;;;;;;;;;;;;;;;;;;;;;;;;;;;;;;;;;;;;;;;;;;;;;;;;;;;;;;;;;;;;;;;;;;;;;;;;;;2-1-3;;;;;/h1-3H,(H4,9,10,11,12,13);2*1H;;;;;;;;;;;;;;;;;;;;;;;;;;;;;;;;;;;;;;;;;;;;;;;;;;;;;;;;;;;;;;;;;;;;;;;;;;;;;;;;;;;;;;;;;;;;;;;;;;;;;;;;;;;;;;;(H,2,3);2*1H2;;;/q;;;;;;;;;;;;;;;;;;;;;;;;;;;;;;;;;;;;;;;;;;;;;;;;;;;;;;;;;;;;;;;;;;;;;;;;;;;;;;;;;;;;;;;;;;;;;;;;;;;;;;;;;;;;;;;2*+1;;2*-1;+2;2*-1/p-4.